The van der Waals surface area contributed by atoms with Crippen molar-refractivity contribution in [1.29, 1.82) is 5.26 Å². The number of nitrogens with zero attached hydrogens (tertiary/aromatic N) is 2. The predicted molar refractivity (Wildman–Crippen MR) is 72.2 cm³/mol. The van der Waals surface area contributed by atoms with Crippen LogP contribution in [0, 0.1) is 18.3 Å². The number of halogens is 1. The minimum Gasteiger partial charge on any atom is -0.492 e. The van der Waals surface area contributed by atoms with Gasteiger partial charge in [0.1, 0.15) is 11.8 Å². The normalized spacial score (nSPS) is 10.1. The Bertz CT molecular complexity index is 589. The Hall–Kier alpha value is -1.57. The van der Waals surface area contributed by atoms with E-state index in [-0.39, 0.29) is 0 Å². The number of rotatable bonds is 4. The van der Waals surface area contributed by atoms with E-state index in [4.69, 9.17) is 21.6 Å². The molecule has 0 unspecified atom stereocenters. The van der Waals surface area contributed by atoms with Gasteiger partial charge in [0.2, 0.25) is 0 Å². The highest BCUT2D eigenvalue weighted by Gasteiger charge is 2.06. The number of benzene rings is 1. The zero-order chi connectivity index (χ0) is 13.0. The maximum atomic E-state index is 8.97. The van der Waals surface area contributed by atoms with Gasteiger partial charge in [0.05, 0.1) is 23.4 Å². The number of hydrogen-bond acceptors (Lipinski definition) is 4. The fraction of sp³-hybridized carbons (Fsp3) is 0.231. The first-order chi connectivity index (χ1) is 8.70. The van der Waals surface area contributed by atoms with Crippen LogP contribution < -0.4 is 4.74 Å². The molecule has 0 saturated carbocycles. The molecule has 0 saturated heterocycles. The van der Waals surface area contributed by atoms with Crippen LogP contribution in [0.25, 0.3) is 0 Å². The summed E-state index contributed by atoms with van der Waals surface area (Å²) in [4.78, 5) is 5.39. The quantitative estimate of drug-likeness (QED) is 0.858. The van der Waals surface area contributed by atoms with Gasteiger partial charge >= 0.3 is 0 Å². The van der Waals surface area contributed by atoms with Crippen molar-refractivity contribution < 1.29 is 4.74 Å². The van der Waals surface area contributed by atoms with Crippen molar-refractivity contribution in [3.63, 3.8) is 0 Å². The van der Waals surface area contributed by atoms with Gasteiger partial charge in [-0.1, -0.05) is 11.6 Å². The number of ether oxygens (including phenoxy) is 1. The summed E-state index contributed by atoms with van der Waals surface area (Å²) < 4.78 is 5.61. The lowest BCUT2D eigenvalue weighted by molar-refractivity contribution is 0.322. The highest BCUT2D eigenvalue weighted by molar-refractivity contribution is 7.09. The molecule has 5 heteroatoms. The summed E-state index contributed by atoms with van der Waals surface area (Å²) >= 11 is 7.44. The second-order valence-corrected chi connectivity index (χ2v) is 5.09. The van der Waals surface area contributed by atoms with Gasteiger partial charge in [0.25, 0.3) is 0 Å². The van der Waals surface area contributed by atoms with Crippen LogP contribution in [0.4, 0.5) is 0 Å². The number of thiazole rings is 1. The molecule has 0 atom stereocenters. The Morgan fingerprint density at radius 2 is 2.33 bits per heavy atom. The third-order valence-corrected chi connectivity index (χ3v) is 3.72. The molecule has 1 heterocycles. The molecule has 2 rings (SSSR count). The van der Waals surface area contributed by atoms with Gasteiger partial charge in [-0.25, -0.2) is 4.98 Å². The number of aromatic nitrogens is 1. The molecule has 0 spiro atoms. The molecule has 3 nitrogen and oxygen atoms in total. The first-order valence-electron chi connectivity index (χ1n) is 5.42. The molecule has 0 amide bonds. The zero-order valence-corrected chi connectivity index (χ0v) is 11.4. The maximum absolute atomic E-state index is 8.97. The smallest absolute Gasteiger partial charge is 0.137 e. The Balaban J connectivity index is 1.99. The first kappa shape index (κ1) is 12.9. The highest BCUT2D eigenvalue weighted by atomic mass is 35.5. The van der Waals surface area contributed by atoms with Crippen LogP contribution in [-0.2, 0) is 6.42 Å². The van der Waals surface area contributed by atoms with Crippen molar-refractivity contribution in [1.82, 2.24) is 4.98 Å². The highest BCUT2D eigenvalue weighted by Crippen LogP contribution is 2.22. The molecule has 0 N–H and O–H groups in total. The van der Waals surface area contributed by atoms with E-state index in [2.05, 4.69) is 11.1 Å². The van der Waals surface area contributed by atoms with Gasteiger partial charge in [0.15, 0.2) is 0 Å². The van der Waals surface area contributed by atoms with E-state index in [0.717, 1.165) is 12.1 Å². The molecule has 0 aliphatic rings. The van der Waals surface area contributed by atoms with Crippen LogP contribution in [0.3, 0.4) is 0 Å². The SMILES string of the molecule is Cc1ncsc1CCOc1ccc(Cl)cc1C#N. The molecule has 0 fully saturated rings. The van der Waals surface area contributed by atoms with Crippen molar-refractivity contribution in [2.45, 2.75) is 13.3 Å². The molecule has 0 aliphatic carbocycles. The molecule has 92 valence electrons. The second-order valence-electron chi connectivity index (χ2n) is 3.71. The summed E-state index contributed by atoms with van der Waals surface area (Å²) in [7, 11) is 0. The largest absolute Gasteiger partial charge is 0.492 e. The van der Waals surface area contributed by atoms with Crippen LogP contribution in [0.2, 0.25) is 5.02 Å². The van der Waals surface area contributed by atoms with Gasteiger partial charge < -0.3 is 4.74 Å². The summed E-state index contributed by atoms with van der Waals surface area (Å²) in [5.74, 6) is 0.573. The van der Waals surface area contributed by atoms with Crippen molar-refractivity contribution in [2.75, 3.05) is 6.61 Å². The van der Waals surface area contributed by atoms with Crippen molar-refractivity contribution in [3.05, 3.63) is 44.9 Å². The third-order valence-electron chi connectivity index (χ3n) is 2.49. The van der Waals surface area contributed by atoms with E-state index in [1.54, 1.807) is 29.5 Å². The van der Waals surface area contributed by atoms with Gasteiger partial charge in [-0.05, 0) is 25.1 Å². The van der Waals surface area contributed by atoms with Gasteiger partial charge in [-0.3, -0.25) is 0 Å². The van der Waals surface area contributed by atoms with Crippen molar-refractivity contribution in [2.24, 2.45) is 0 Å². The van der Waals surface area contributed by atoms with E-state index in [1.807, 2.05) is 12.4 Å². The van der Waals surface area contributed by atoms with Crippen LogP contribution in [0.15, 0.2) is 23.7 Å². The predicted octanol–water partition coefficient (Wildman–Crippen LogP) is 3.60. The van der Waals surface area contributed by atoms with E-state index in [1.165, 1.54) is 4.88 Å². The summed E-state index contributed by atoms with van der Waals surface area (Å²) in [6.45, 7) is 2.51. The van der Waals surface area contributed by atoms with E-state index < -0.39 is 0 Å². The fourth-order valence-corrected chi connectivity index (χ4v) is 2.47. The lowest BCUT2D eigenvalue weighted by Gasteiger charge is -2.07. The van der Waals surface area contributed by atoms with Crippen LogP contribution >= 0.6 is 22.9 Å². The third kappa shape index (κ3) is 3.00. The number of nitriles is 1. The molecule has 1 aromatic heterocycles. The summed E-state index contributed by atoms with van der Waals surface area (Å²) in [5, 5.41) is 9.51. The Morgan fingerprint density at radius 1 is 1.50 bits per heavy atom. The van der Waals surface area contributed by atoms with Crippen molar-refractivity contribution >= 4 is 22.9 Å². The zero-order valence-electron chi connectivity index (χ0n) is 9.81. The summed E-state index contributed by atoms with van der Waals surface area (Å²) in [5.41, 5.74) is 3.33. The molecule has 2 aromatic rings. The Labute approximate surface area is 115 Å². The summed E-state index contributed by atoms with van der Waals surface area (Å²) in [6.07, 6.45) is 0.796. The molecule has 18 heavy (non-hydrogen) atoms. The number of hydrogen-bond donors (Lipinski definition) is 0. The Kier molecular flexibility index (Phi) is 4.19. The lowest BCUT2D eigenvalue weighted by atomic mass is 10.2. The molecule has 0 aliphatic heterocycles. The average Bonchev–Trinajstić information content (AvgIpc) is 2.77. The molecular formula is C13H11ClN2OS. The minimum absolute atomic E-state index is 0.462. The minimum atomic E-state index is 0.462. The van der Waals surface area contributed by atoms with Crippen LogP contribution in [0.5, 0.6) is 5.75 Å². The Morgan fingerprint density at radius 3 is 3.00 bits per heavy atom. The molecule has 0 radical (unpaired) electrons. The number of aryl methyl sites for hydroxylation is 1. The maximum Gasteiger partial charge on any atom is 0.137 e. The standard InChI is InChI=1S/C13H11ClN2OS/c1-9-13(18-8-16-9)4-5-17-12-3-2-11(14)6-10(12)7-15/h2-3,6,8H,4-5H2,1H3. The monoisotopic (exact) mass is 278 g/mol. The average molecular weight is 279 g/mol. The molecule has 0 bridgehead atoms. The second kappa shape index (κ2) is 5.85. The van der Waals surface area contributed by atoms with E-state index in [0.29, 0.717) is 22.9 Å². The van der Waals surface area contributed by atoms with Gasteiger partial charge in [-0.2, -0.15) is 5.26 Å². The van der Waals surface area contributed by atoms with Crippen LogP contribution in [0.1, 0.15) is 16.1 Å². The van der Waals surface area contributed by atoms with E-state index >= 15 is 0 Å². The van der Waals surface area contributed by atoms with Crippen LogP contribution in [-0.4, -0.2) is 11.6 Å². The topological polar surface area (TPSA) is 45.9 Å². The van der Waals surface area contributed by atoms with E-state index in [9.17, 15) is 0 Å². The molecular weight excluding hydrogens is 268 g/mol. The molecule has 1 aromatic carbocycles. The fourth-order valence-electron chi connectivity index (χ4n) is 1.54. The van der Waals surface area contributed by atoms with Gasteiger partial charge in [0, 0.05) is 16.3 Å². The van der Waals surface area contributed by atoms with Gasteiger partial charge in [-0.15, -0.1) is 11.3 Å². The first-order valence-corrected chi connectivity index (χ1v) is 6.68. The van der Waals surface area contributed by atoms with Crippen molar-refractivity contribution in [3.8, 4) is 11.8 Å². The lowest BCUT2D eigenvalue weighted by Crippen LogP contribution is -2.02. The summed E-state index contributed by atoms with van der Waals surface area (Å²) in [6, 6.07) is 7.12.